The summed E-state index contributed by atoms with van der Waals surface area (Å²) in [5, 5.41) is 2.89. The van der Waals surface area contributed by atoms with E-state index < -0.39 is 0 Å². The van der Waals surface area contributed by atoms with Crippen LogP contribution in [0.25, 0.3) is 0 Å². The summed E-state index contributed by atoms with van der Waals surface area (Å²) in [6, 6.07) is 17.9. The van der Waals surface area contributed by atoms with E-state index in [-0.39, 0.29) is 18.4 Å². The van der Waals surface area contributed by atoms with Crippen molar-refractivity contribution in [3.8, 4) is 5.75 Å². The smallest absolute Gasteiger partial charge is 0.239 e. The largest absolute Gasteiger partial charge is 0.497 e. The van der Waals surface area contributed by atoms with Crippen molar-refractivity contribution in [2.45, 2.75) is 26.2 Å². The Morgan fingerprint density at radius 2 is 1.74 bits per heavy atom. The molecule has 27 heavy (non-hydrogen) atoms. The third kappa shape index (κ3) is 7.52. The predicted octanol–water partition coefficient (Wildman–Crippen LogP) is 2.84. The maximum absolute atomic E-state index is 12.2. The van der Waals surface area contributed by atoms with Gasteiger partial charge in [-0.1, -0.05) is 42.5 Å². The number of amides is 2. The second-order valence-corrected chi connectivity index (χ2v) is 6.48. The Bertz CT molecular complexity index is 731. The van der Waals surface area contributed by atoms with Gasteiger partial charge in [0, 0.05) is 20.0 Å². The maximum Gasteiger partial charge on any atom is 0.239 e. The highest BCUT2D eigenvalue weighted by molar-refractivity contribution is 5.83. The van der Waals surface area contributed by atoms with Gasteiger partial charge in [-0.05, 0) is 42.5 Å². The number of nitrogens with zero attached hydrogens (tertiary/aromatic N) is 1. The predicted molar refractivity (Wildman–Crippen MR) is 107 cm³/mol. The molecule has 0 saturated heterocycles. The number of ether oxygens (including phenoxy) is 1. The molecule has 5 nitrogen and oxygen atoms in total. The Hall–Kier alpha value is -2.82. The highest BCUT2D eigenvalue weighted by Gasteiger charge is 2.13. The van der Waals surface area contributed by atoms with Crippen LogP contribution < -0.4 is 10.1 Å². The summed E-state index contributed by atoms with van der Waals surface area (Å²) in [5.74, 6) is 0.596. The van der Waals surface area contributed by atoms with Gasteiger partial charge in [0.25, 0.3) is 0 Å². The Labute approximate surface area is 161 Å². The van der Waals surface area contributed by atoms with E-state index in [1.165, 1.54) is 12.5 Å². The van der Waals surface area contributed by atoms with Crippen molar-refractivity contribution in [3.63, 3.8) is 0 Å². The van der Waals surface area contributed by atoms with Crippen molar-refractivity contribution in [3.05, 3.63) is 65.7 Å². The summed E-state index contributed by atoms with van der Waals surface area (Å²) < 4.78 is 5.20. The zero-order valence-corrected chi connectivity index (χ0v) is 16.1. The molecular weight excluding hydrogens is 340 g/mol. The summed E-state index contributed by atoms with van der Waals surface area (Å²) in [6.07, 6.45) is 2.44. The van der Waals surface area contributed by atoms with E-state index in [0.717, 1.165) is 30.6 Å². The van der Waals surface area contributed by atoms with Crippen LogP contribution in [-0.2, 0) is 22.4 Å². The summed E-state index contributed by atoms with van der Waals surface area (Å²) in [6.45, 7) is 2.71. The first kappa shape index (κ1) is 20.5. The summed E-state index contributed by atoms with van der Waals surface area (Å²) in [5.41, 5.74) is 2.34. The number of hydrogen-bond acceptors (Lipinski definition) is 3. The number of nitrogens with one attached hydrogen (secondary N) is 1. The standard InChI is InChI=1S/C22H28N2O3/c1-18(25)24(15-7-11-19-8-4-3-5-9-19)17-22(26)23-14-13-20-10-6-12-21(16-20)27-2/h3-6,8-10,12,16H,7,11,13-15,17H2,1-2H3,(H,23,26). The monoisotopic (exact) mass is 368 g/mol. The molecule has 0 radical (unpaired) electrons. The molecule has 0 aromatic heterocycles. The lowest BCUT2D eigenvalue weighted by Gasteiger charge is -2.20. The van der Waals surface area contributed by atoms with Crippen LogP contribution in [0.2, 0.25) is 0 Å². The van der Waals surface area contributed by atoms with Crippen LogP contribution in [0.3, 0.4) is 0 Å². The van der Waals surface area contributed by atoms with Crippen LogP contribution in [-0.4, -0.2) is 43.5 Å². The molecule has 0 aliphatic heterocycles. The average molecular weight is 368 g/mol. The fraction of sp³-hybridized carbons (Fsp3) is 0.364. The Morgan fingerprint density at radius 1 is 1.00 bits per heavy atom. The second kappa shape index (κ2) is 11.0. The van der Waals surface area contributed by atoms with Crippen molar-refractivity contribution >= 4 is 11.8 Å². The number of methoxy groups -OCH3 is 1. The fourth-order valence-electron chi connectivity index (χ4n) is 2.87. The van der Waals surface area contributed by atoms with Gasteiger partial charge in [0.05, 0.1) is 13.7 Å². The average Bonchev–Trinajstić information content (AvgIpc) is 2.68. The number of benzene rings is 2. The number of aryl methyl sites for hydroxylation is 1. The lowest BCUT2D eigenvalue weighted by atomic mass is 10.1. The molecular formula is C22H28N2O3. The van der Waals surface area contributed by atoms with E-state index in [1.54, 1.807) is 12.0 Å². The molecule has 2 amide bonds. The molecule has 0 saturated carbocycles. The summed E-state index contributed by atoms with van der Waals surface area (Å²) in [4.78, 5) is 25.6. The number of carbonyl (C=O) groups is 2. The minimum atomic E-state index is -0.132. The van der Waals surface area contributed by atoms with E-state index in [2.05, 4.69) is 17.4 Å². The molecule has 0 aliphatic carbocycles. The van der Waals surface area contributed by atoms with Crippen molar-refractivity contribution in [2.24, 2.45) is 0 Å². The van der Waals surface area contributed by atoms with Gasteiger partial charge >= 0.3 is 0 Å². The van der Waals surface area contributed by atoms with Crippen molar-refractivity contribution in [1.82, 2.24) is 10.2 Å². The molecule has 144 valence electrons. The van der Waals surface area contributed by atoms with E-state index in [0.29, 0.717) is 13.1 Å². The minimum absolute atomic E-state index is 0.0778. The van der Waals surface area contributed by atoms with Gasteiger partial charge in [0.15, 0.2) is 0 Å². The van der Waals surface area contributed by atoms with Gasteiger partial charge in [-0.25, -0.2) is 0 Å². The highest BCUT2D eigenvalue weighted by Crippen LogP contribution is 2.12. The van der Waals surface area contributed by atoms with E-state index >= 15 is 0 Å². The number of hydrogen-bond donors (Lipinski definition) is 1. The molecule has 2 aromatic rings. The Morgan fingerprint density at radius 3 is 2.44 bits per heavy atom. The molecule has 0 unspecified atom stereocenters. The molecule has 0 fully saturated rings. The van der Waals surface area contributed by atoms with Gasteiger partial charge < -0.3 is 15.0 Å². The quantitative estimate of drug-likeness (QED) is 0.702. The molecule has 0 atom stereocenters. The van der Waals surface area contributed by atoms with E-state index in [1.807, 2.05) is 42.5 Å². The molecule has 0 aliphatic rings. The van der Waals surface area contributed by atoms with Crippen LogP contribution >= 0.6 is 0 Å². The van der Waals surface area contributed by atoms with Crippen LogP contribution in [0.4, 0.5) is 0 Å². The van der Waals surface area contributed by atoms with E-state index in [4.69, 9.17) is 4.74 Å². The first-order chi connectivity index (χ1) is 13.1. The molecule has 0 bridgehead atoms. The van der Waals surface area contributed by atoms with Crippen molar-refractivity contribution in [1.29, 1.82) is 0 Å². The fourth-order valence-corrected chi connectivity index (χ4v) is 2.87. The lowest BCUT2D eigenvalue weighted by Crippen LogP contribution is -2.40. The molecule has 0 heterocycles. The first-order valence-electron chi connectivity index (χ1n) is 9.27. The molecule has 5 heteroatoms. The molecule has 0 spiro atoms. The molecule has 2 aromatic carbocycles. The topological polar surface area (TPSA) is 58.6 Å². The summed E-state index contributed by atoms with van der Waals surface area (Å²) >= 11 is 0. The van der Waals surface area contributed by atoms with Crippen molar-refractivity contribution in [2.75, 3.05) is 26.7 Å². The van der Waals surface area contributed by atoms with E-state index in [9.17, 15) is 9.59 Å². The highest BCUT2D eigenvalue weighted by atomic mass is 16.5. The molecule has 1 N–H and O–H groups in total. The van der Waals surface area contributed by atoms with Crippen LogP contribution in [0, 0.1) is 0 Å². The van der Waals surface area contributed by atoms with Crippen molar-refractivity contribution < 1.29 is 14.3 Å². The summed E-state index contributed by atoms with van der Waals surface area (Å²) in [7, 11) is 1.63. The van der Waals surface area contributed by atoms with Gasteiger partial charge in [0.2, 0.25) is 11.8 Å². The van der Waals surface area contributed by atoms with Gasteiger partial charge in [-0.2, -0.15) is 0 Å². The number of carbonyl (C=O) groups excluding carboxylic acids is 2. The SMILES string of the molecule is COc1cccc(CCNC(=O)CN(CCCc2ccccc2)C(C)=O)c1. The zero-order chi connectivity index (χ0) is 19.5. The Balaban J connectivity index is 1.72. The minimum Gasteiger partial charge on any atom is -0.497 e. The molecule has 2 rings (SSSR count). The third-order valence-electron chi connectivity index (χ3n) is 4.39. The van der Waals surface area contributed by atoms with Crippen LogP contribution in [0.1, 0.15) is 24.5 Å². The van der Waals surface area contributed by atoms with Gasteiger partial charge in [-0.3, -0.25) is 9.59 Å². The maximum atomic E-state index is 12.2. The third-order valence-corrected chi connectivity index (χ3v) is 4.39. The zero-order valence-electron chi connectivity index (χ0n) is 16.1. The van der Waals surface area contributed by atoms with Gasteiger partial charge in [0.1, 0.15) is 5.75 Å². The Kier molecular flexibility index (Phi) is 8.36. The lowest BCUT2D eigenvalue weighted by molar-refractivity contribution is -0.134. The van der Waals surface area contributed by atoms with Gasteiger partial charge in [-0.15, -0.1) is 0 Å². The number of rotatable bonds is 10. The van der Waals surface area contributed by atoms with Crippen LogP contribution in [0.15, 0.2) is 54.6 Å². The normalized spacial score (nSPS) is 10.3. The van der Waals surface area contributed by atoms with Crippen LogP contribution in [0.5, 0.6) is 5.75 Å². The second-order valence-electron chi connectivity index (χ2n) is 6.48. The first-order valence-corrected chi connectivity index (χ1v) is 9.27.